The molecule has 0 saturated carbocycles. The number of esters is 1. The number of ether oxygens (including phenoxy) is 1. The predicted molar refractivity (Wildman–Crippen MR) is 31.0 cm³/mol. The van der Waals surface area contributed by atoms with Gasteiger partial charge in [-0.05, 0) is 6.08 Å². The van der Waals surface area contributed by atoms with Gasteiger partial charge in [0.25, 0.3) is 0 Å². The van der Waals surface area contributed by atoms with Crippen LogP contribution in [0.4, 0.5) is 4.39 Å². The molecule has 0 amide bonds. The van der Waals surface area contributed by atoms with E-state index in [1.165, 1.54) is 6.08 Å². The van der Waals surface area contributed by atoms with Crippen molar-refractivity contribution in [1.29, 1.82) is 0 Å². The quantitative estimate of drug-likeness (QED) is 0.521. The summed E-state index contributed by atoms with van der Waals surface area (Å²) >= 11 is 0. The van der Waals surface area contributed by atoms with Gasteiger partial charge in [-0.3, -0.25) is 0 Å². The number of carbonyl (C=O) groups is 1. The minimum atomic E-state index is -1.02. The van der Waals surface area contributed by atoms with Crippen molar-refractivity contribution < 1.29 is 19.0 Å². The second kappa shape index (κ2) is 2.79. The van der Waals surface area contributed by atoms with Gasteiger partial charge < -0.3 is 9.84 Å². The lowest BCUT2D eigenvalue weighted by atomic mass is 10.2. The highest BCUT2D eigenvalue weighted by Gasteiger charge is 2.24. The van der Waals surface area contributed by atoms with Crippen LogP contribution < -0.4 is 0 Å². The van der Waals surface area contributed by atoms with Gasteiger partial charge in [0.05, 0.1) is 0 Å². The number of alkyl halides is 1. The Morgan fingerprint density at radius 1 is 1.80 bits per heavy atom. The van der Waals surface area contributed by atoms with E-state index in [0.29, 0.717) is 0 Å². The highest BCUT2D eigenvalue weighted by atomic mass is 19.1. The number of carbonyl (C=O) groups excluding carboxylic acids is 1. The van der Waals surface area contributed by atoms with Gasteiger partial charge in [0.1, 0.15) is 12.8 Å². The van der Waals surface area contributed by atoms with E-state index in [9.17, 15) is 9.18 Å². The van der Waals surface area contributed by atoms with Crippen molar-refractivity contribution in [2.45, 2.75) is 12.2 Å². The van der Waals surface area contributed by atoms with Crippen LogP contribution in [-0.2, 0) is 9.53 Å². The topological polar surface area (TPSA) is 46.5 Å². The molecule has 0 aromatic rings. The van der Waals surface area contributed by atoms with E-state index in [2.05, 4.69) is 4.74 Å². The first-order chi connectivity index (χ1) is 4.74. The Morgan fingerprint density at radius 2 is 2.50 bits per heavy atom. The highest BCUT2D eigenvalue weighted by molar-refractivity contribution is 5.83. The Labute approximate surface area is 57.1 Å². The van der Waals surface area contributed by atoms with Crippen LogP contribution in [0.25, 0.3) is 0 Å². The van der Waals surface area contributed by atoms with Crippen LogP contribution in [0.2, 0.25) is 0 Å². The average Bonchev–Trinajstić information content (AvgIpc) is 1.94. The van der Waals surface area contributed by atoms with E-state index in [0.717, 1.165) is 6.08 Å². The third-order valence-electron chi connectivity index (χ3n) is 1.23. The molecule has 1 heterocycles. The molecule has 0 spiro atoms. The van der Waals surface area contributed by atoms with E-state index in [4.69, 9.17) is 5.11 Å². The zero-order valence-corrected chi connectivity index (χ0v) is 5.16. The average molecular weight is 146 g/mol. The second-order valence-electron chi connectivity index (χ2n) is 1.98. The lowest BCUT2D eigenvalue weighted by molar-refractivity contribution is -0.150. The van der Waals surface area contributed by atoms with Crippen LogP contribution in [0.5, 0.6) is 0 Å². The molecule has 1 aliphatic rings. The normalized spacial score (nSPS) is 32.0. The summed E-state index contributed by atoms with van der Waals surface area (Å²) in [5.41, 5.74) is 0. The molecule has 0 radical (unpaired) electrons. The molecule has 0 aromatic carbocycles. The maximum atomic E-state index is 11.8. The first kappa shape index (κ1) is 7.21. The zero-order valence-electron chi connectivity index (χ0n) is 5.16. The molecule has 1 unspecified atom stereocenters. The van der Waals surface area contributed by atoms with Crippen molar-refractivity contribution in [3.63, 3.8) is 0 Å². The van der Waals surface area contributed by atoms with Crippen molar-refractivity contribution in [2.75, 3.05) is 6.67 Å². The fourth-order valence-corrected chi connectivity index (χ4v) is 0.682. The Hall–Kier alpha value is -0.900. The second-order valence-corrected chi connectivity index (χ2v) is 1.98. The third-order valence-corrected chi connectivity index (χ3v) is 1.23. The van der Waals surface area contributed by atoms with Crippen molar-refractivity contribution in [2.24, 2.45) is 0 Å². The molecule has 3 nitrogen and oxygen atoms in total. The van der Waals surface area contributed by atoms with Gasteiger partial charge >= 0.3 is 5.97 Å². The Balaban J connectivity index is 2.62. The fraction of sp³-hybridized carbons (Fsp3) is 0.500. The van der Waals surface area contributed by atoms with Crippen molar-refractivity contribution in [3.05, 3.63) is 12.2 Å². The molecule has 56 valence electrons. The number of rotatable bonds is 1. The molecular weight excluding hydrogens is 139 g/mol. The molecule has 0 saturated heterocycles. The van der Waals surface area contributed by atoms with Crippen LogP contribution in [0.1, 0.15) is 0 Å². The van der Waals surface area contributed by atoms with Crippen molar-refractivity contribution in [1.82, 2.24) is 0 Å². The zero-order chi connectivity index (χ0) is 7.56. The summed E-state index contributed by atoms with van der Waals surface area (Å²) in [7, 11) is 0. The number of hydrogen-bond acceptors (Lipinski definition) is 3. The standard InChI is InChI=1S/C6H7FO3/c7-3-5-4(8)1-2-6(9)10-5/h1-2,4-5,8H,3H2/t4?,5-/m1/s1. The molecule has 0 fully saturated rings. The van der Waals surface area contributed by atoms with E-state index in [-0.39, 0.29) is 0 Å². The van der Waals surface area contributed by atoms with E-state index >= 15 is 0 Å². The molecule has 2 atom stereocenters. The minimum Gasteiger partial charge on any atom is -0.453 e. The minimum absolute atomic E-state index is 0.604. The van der Waals surface area contributed by atoms with Gasteiger partial charge in [-0.2, -0.15) is 0 Å². The molecule has 0 aliphatic carbocycles. The largest absolute Gasteiger partial charge is 0.453 e. The van der Waals surface area contributed by atoms with Crippen LogP contribution in [0.3, 0.4) is 0 Å². The van der Waals surface area contributed by atoms with Crippen LogP contribution in [-0.4, -0.2) is 30.0 Å². The van der Waals surface area contributed by atoms with Crippen LogP contribution in [0, 0.1) is 0 Å². The first-order valence-electron chi connectivity index (χ1n) is 2.87. The lowest BCUT2D eigenvalue weighted by Gasteiger charge is -2.20. The number of cyclic esters (lactones) is 1. The van der Waals surface area contributed by atoms with Gasteiger partial charge in [-0.1, -0.05) is 0 Å². The molecule has 1 aliphatic heterocycles. The summed E-state index contributed by atoms with van der Waals surface area (Å²) in [6.07, 6.45) is 0.285. The van der Waals surface area contributed by atoms with Gasteiger partial charge in [-0.15, -0.1) is 0 Å². The molecule has 1 N–H and O–H groups in total. The van der Waals surface area contributed by atoms with E-state index in [1.807, 2.05) is 0 Å². The molecule has 4 heteroatoms. The van der Waals surface area contributed by atoms with Crippen molar-refractivity contribution >= 4 is 5.97 Å². The Kier molecular flexibility index (Phi) is 2.01. The van der Waals surface area contributed by atoms with Crippen molar-refractivity contribution in [3.8, 4) is 0 Å². The Bertz CT molecular complexity index is 166. The summed E-state index contributed by atoms with van der Waals surface area (Å²) in [6.45, 7) is -0.850. The summed E-state index contributed by atoms with van der Waals surface area (Å²) in [6, 6.07) is 0. The van der Waals surface area contributed by atoms with Gasteiger partial charge in [-0.25, -0.2) is 9.18 Å². The SMILES string of the molecule is O=C1C=CC(O)[C@@H](CF)O1. The monoisotopic (exact) mass is 146 g/mol. The first-order valence-corrected chi connectivity index (χ1v) is 2.87. The molecule has 1 rings (SSSR count). The van der Waals surface area contributed by atoms with Crippen LogP contribution in [0.15, 0.2) is 12.2 Å². The van der Waals surface area contributed by atoms with Gasteiger partial charge in [0, 0.05) is 6.08 Å². The fourth-order valence-electron chi connectivity index (χ4n) is 0.682. The summed E-state index contributed by atoms with van der Waals surface area (Å²) in [5.74, 6) is -0.604. The van der Waals surface area contributed by atoms with E-state index in [1.54, 1.807) is 0 Å². The number of aliphatic hydroxyl groups excluding tert-OH is 1. The smallest absolute Gasteiger partial charge is 0.330 e. The van der Waals surface area contributed by atoms with Gasteiger partial charge in [0.15, 0.2) is 6.10 Å². The highest BCUT2D eigenvalue weighted by Crippen LogP contribution is 2.08. The lowest BCUT2D eigenvalue weighted by Crippen LogP contribution is -2.34. The molecule has 10 heavy (non-hydrogen) atoms. The molecule has 0 aromatic heterocycles. The number of hydrogen-bond donors (Lipinski definition) is 1. The number of aliphatic hydroxyl groups is 1. The molecule has 0 bridgehead atoms. The summed E-state index contributed by atoms with van der Waals surface area (Å²) in [4.78, 5) is 10.4. The summed E-state index contributed by atoms with van der Waals surface area (Å²) < 4.78 is 16.2. The van der Waals surface area contributed by atoms with Gasteiger partial charge in [0.2, 0.25) is 0 Å². The summed E-state index contributed by atoms with van der Waals surface area (Å²) in [5, 5.41) is 8.88. The maximum absolute atomic E-state index is 11.8. The third kappa shape index (κ3) is 1.33. The Morgan fingerprint density at radius 3 is 3.00 bits per heavy atom. The predicted octanol–water partition coefficient (Wildman–Crippen LogP) is -0.202. The molecular formula is C6H7FO3. The van der Waals surface area contributed by atoms with E-state index < -0.39 is 24.9 Å². The maximum Gasteiger partial charge on any atom is 0.330 e. The van der Waals surface area contributed by atoms with Crippen LogP contribution >= 0.6 is 0 Å². The number of halogens is 1.